The van der Waals surface area contributed by atoms with Crippen molar-refractivity contribution in [1.82, 2.24) is 10.2 Å². The number of hydrogen-bond acceptors (Lipinski definition) is 3. The largest absolute Gasteiger partial charge is 0.481 e. The number of carbonyl (C=O) groups is 3. The molecule has 1 saturated carbocycles. The summed E-state index contributed by atoms with van der Waals surface area (Å²) in [5.74, 6) is -0.836. The monoisotopic (exact) mass is 296 g/mol. The van der Waals surface area contributed by atoms with Crippen LogP contribution >= 0.6 is 0 Å². The van der Waals surface area contributed by atoms with E-state index in [-0.39, 0.29) is 29.6 Å². The van der Waals surface area contributed by atoms with Gasteiger partial charge in [-0.1, -0.05) is 0 Å². The van der Waals surface area contributed by atoms with Crippen LogP contribution in [0.5, 0.6) is 0 Å². The summed E-state index contributed by atoms with van der Waals surface area (Å²) < 4.78 is 0. The molecule has 2 aliphatic rings. The Hall–Kier alpha value is -1.59. The van der Waals surface area contributed by atoms with E-state index in [9.17, 15) is 14.4 Å². The summed E-state index contributed by atoms with van der Waals surface area (Å²) in [6.07, 6.45) is 3.98. The lowest BCUT2D eigenvalue weighted by atomic mass is 9.81. The molecule has 21 heavy (non-hydrogen) atoms. The van der Waals surface area contributed by atoms with Gasteiger partial charge in [-0.05, 0) is 38.5 Å². The van der Waals surface area contributed by atoms with Crippen molar-refractivity contribution in [2.75, 3.05) is 20.1 Å². The van der Waals surface area contributed by atoms with Crippen LogP contribution < -0.4 is 5.32 Å². The van der Waals surface area contributed by atoms with Gasteiger partial charge in [-0.2, -0.15) is 0 Å². The predicted molar refractivity (Wildman–Crippen MR) is 76.5 cm³/mol. The zero-order valence-electron chi connectivity index (χ0n) is 12.5. The lowest BCUT2D eigenvalue weighted by molar-refractivity contribution is -0.146. The third-order valence-corrected chi connectivity index (χ3v) is 4.85. The van der Waals surface area contributed by atoms with Crippen LogP contribution in [0.3, 0.4) is 0 Å². The van der Waals surface area contributed by atoms with Gasteiger partial charge in [0.15, 0.2) is 0 Å². The van der Waals surface area contributed by atoms with E-state index < -0.39 is 5.97 Å². The van der Waals surface area contributed by atoms with E-state index in [0.29, 0.717) is 38.8 Å². The van der Waals surface area contributed by atoms with Crippen molar-refractivity contribution < 1.29 is 19.5 Å². The molecule has 2 fully saturated rings. The molecule has 0 aromatic rings. The lowest BCUT2D eigenvalue weighted by Crippen LogP contribution is -2.45. The first kappa shape index (κ1) is 15.8. The maximum atomic E-state index is 12.5. The lowest BCUT2D eigenvalue weighted by Gasteiger charge is -2.35. The standard InChI is InChI=1S/C15H24N2O4/c1-16-13(18)10-6-8-17(9-7-10)14(19)11-2-4-12(5-3-11)15(20)21/h10-12H,2-9H2,1H3,(H,16,18)(H,20,21). The average molecular weight is 296 g/mol. The Balaban J connectivity index is 1.80. The van der Waals surface area contributed by atoms with Crippen LogP contribution in [0.15, 0.2) is 0 Å². The molecule has 0 bridgehead atoms. The number of carbonyl (C=O) groups excluding carboxylic acids is 2. The van der Waals surface area contributed by atoms with Crippen LogP contribution in [0.1, 0.15) is 38.5 Å². The molecule has 0 spiro atoms. The number of nitrogens with zero attached hydrogens (tertiary/aromatic N) is 1. The summed E-state index contributed by atoms with van der Waals surface area (Å²) in [4.78, 5) is 36.8. The number of nitrogens with one attached hydrogen (secondary N) is 1. The topological polar surface area (TPSA) is 86.7 Å². The van der Waals surface area contributed by atoms with Crippen molar-refractivity contribution >= 4 is 17.8 Å². The highest BCUT2D eigenvalue weighted by Gasteiger charge is 2.34. The van der Waals surface area contributed by atoms with Crippen LogP contribution in [-0.2, 0) is 14.4 Å². The molecule has 1 aliphatic carbocycles. The van der Waals surface area contributed by atoms with E-state index in [1.54, 1.807) is 7.05 Å². The zero-order chi connectivity index (χ0) is 15.4. The van der Waals surface area contributed by atoms with Gasteiger partial charge in [0.1, 0.15) is 0 Å². The Morgan fingerprint density at radius 1 is 0.905 bits per heavy atom. The van der Waals surface area contributed by atoms with Crippen LogP contribution in [0.25, 0.3) is 0 Å². The van der Waals surface area contributed by atoms with E-state index in [2.05, 4.69) is 5.32 Å². The molecule has 0 radical (unpaired) electrons. The quantitative estimate of drug-likeness (QED) is 0.809. The summed E-state index contributed by atoms with van der Waals surface area (Å²) in [5.41, 5.74) is 0. The smallest absolute Gasteiger partial charge is 0.306 e. The molecule has 2 rings (SSSR count). The molecule has 6 nitrogen and oxygen atoms in total. The highest BCUT2D eigenvalue weighted by atomic mass is 16.4. The number of rotatable bonds is 3. The molecule has 118 valence electrons. The van der Waals surface area contributed by atoms with Crippen molar-refractivity contribution in [3.8, 4) is 0 Å². The molecule has 1 aliphatic heterocycles. The molecule has 6 heteroatoms. The maximum Gasteiger partial charge on any atom is 0.306 e. The normalized spacial score (nSPS) is 27.2. The Morgan fingerprint density at radius 2 is 1.43 bits per heavy atom. The van der Waals surface area contributed by atoms with Crippen LogP contribution in [0, 0.1) is 17.8 Å². The van der Waals surface area contributed by atoms with Gasteiger partial charge in [-0.25, -0.2) is 0 Å². The molecule has 1 saturated heterocycles. The number of aliphatic carboxylic acids is 1. The summed E-state index contributed by atoms with van der Waals surface area (Å²) >= 11 is 0. The van der Waals surface area contributed by atoms with E-state index in [4.69, 9.17) is 5.11 Å². The first-order valence-electron chi connectivity index (χ1n) is 7.76. The second-order valence-electron chi connectivity index (χ2n) is 6.10. The van der Waals surface area contributed by atoms with Gasteiger partial charge >= 0.3 is 5.97 Å². The number of amides is 2. The van der Waals surface area contributed by atoms with Crippen molar-refractivity contribution in [3.63, 3.8) is 0 Å². The second kappa shape index (κ2) is 6.91. The predicted octanol–water partition coefficient (Wildman–Crippen LogP) is 0.862. The van der Waals surface area contributed by atoms with Crippen molar-refractivity contribution in [1.29, 1.82) is 0 Å². The van der Waals surface area contributed by atoms with E-state index in [1.807, 2.05) is 4.90 Å². The molecule has 0 aromatic carbocycles. The van der Waals surface area contributed by atoms with Gasteiger partial charge in [-0.3, -0.25) is 14.4 Å². The SMILES string of the molecule is CNC(=O)C1CCN(C(=O)C2CCC(C(=O)O)CC2)CC1. The molecule has 1 heterocycles. The molecular weight excluding hydrogens is 272 g/mol. The number of hydrogen-bond donors (Lipinski definition) is 2. The number of carboxylic acid groups (broad SMARTS) is 1. The summed E-state index contributed by atoms with van der Waals surface area (Å²) in [6.45, 7) is 1.27. The fourth-order valence-electron chi connectivity index (χ4n) is 3.41. The summed E-state index contributed by atoms with van der Waals surface area (Å²) in [5, 5.41) is 11.6. The van der Waals surface area contributed by atoms with Crippen LogP contribution in [0.2, 0.25) is 0 Å². The van der Waals surface area contributed by atoms with Gasteiger partial charge in [0.25, 0.3) is 0 Å². The summed E-state index contributed by atoms with van der Waals surface area (Å²) in [6, 6.07) is 0. The van der Waals surface area contributed by atoms with Crippen molar-refractivity contribution in [2.24, 2.45) is 17.8 Å². The van der Waals surface area contributed by atoms with Gasteiger partial charge in [0, 0.05) is 32.0 Å². The Labute approximate surface area is 124 Å². The average Bonchev–Trinajstić information content (AvgIpc) is 2.53. The van der Waals surface area contributed by atoms with Crippen molar-refractivity contribution in [2.45, 2.75) is 38.5 Å². The molecule has 0 aromatic heterocycles. The number of piperidine rings is 1. The molecule has 2 amide bonds. The molecule has 0 unspecified atom stereocenters. The van der Waals surface area contributed by atoms with E-state index in [1.165, 1.54) is 0 Å². The first-order chi connectivity index (χ1) is 10.0. The van der Waals surface area contributed by atoms with Gasteiger partial charge < -0.3 is 15.3 Å². The number of carboxylic acids is 1. The highest BCUT2D eigenvalue weighted by molar-refractivity contribution is 5.81. The zero-order valence-corrected chi connectivity index (χ0v) is 12.5. The minimum atomic E-state index is -0.743. The van der Waals surface area contributed by atoms with E-state index in [0.717, 1.165) is 12.8 Å². The van der Waals surface area contributed by atoms with Gasteiger partial charge in [-0.15, -0.1) is 0 Å². The first-order valence-corrected chi connectivity index (χ1v) is 7.76. The van der Waals surface area contributed by atoms with Gasteiger partial charge in [0.05, 0.1) is 5.92 Å². The Morgan fingerprint density at radius 3 is 1.90 bits per heavy atom. The highest BCUT2D eigenvalue weighted by Crippen LogP contribution is 2.31. The molecule has 0 atom stereocenters. The number of likely N-dealkylation sites (tertiary alicyclic amines) is 1. The fourth-order valence-corrected chi connectivity index (χ4v) is 3.41. The van der Waals surface area contributed by atoms with Crippen LogP contribution in [0.4, 0.5) is 0 Å². The maximum absolute atomic E-state index is 12.5. The Kier molecular flexibility index (Phi) is 5.20. The summed E-state index contributed by atoms with van der Waals surface area (Å²) in [7, 11) is 1.64. The van der Waals surface area contributed by atoms with E-state index >= 15 is 0 Å². The third-order valence-electron chi connectivity index (χ3n) is 4.85. The van der Waals surface area contributed by atoms with Gasteiger partial charge in [0.2, 0.25) is 11.8 Å². The van der Waals surface area contributed by atoms with Crippen LogP contribution in [-0.4, -0.2) is 47.9 Å². The Bertz CT molecular complexity index is 408. The molecular formula is C15H24N2O4. The van der Waals surface area contributed by atoms with Crippen molar-refractivity contribution in [3.05, 3.63) is 0 Å². The minimum Gasteiger partial charge on any atom is -0.481 e. The fraction of sp³-hybridized carbons (Fsp3) is 0.800. The minimum absolute atomic E-state index is 0.0156. The molecule has 2 N–H and O–H groups in total. The third kappa shape index (κ3) is 3.74. The second-order valence-corrected chi connectivity index (χ2v) is 6.10.